The number of amides is 1. The highest BCUT2D eigenvalue weighted by Gasteiger charge is 2.23. The van der Waals surface area contributed by atoms with Gasteiger partial charge in [-0.15, -0.1) is 0 Å². The Hall–Kier alpha value is -3.09. The van der Waals surface area contributed by atoms with Gasteiger partial charge in [0.1, 0.15) is 5.69 Å². The standard InChI is InChI=1S/C18H18N4O3/c1-24-15-5-2-4-13-8-12(11-25-16(13)15)9-20-17(23)14-10-22-7-3-6-19-18(22)21-14/h2-7,10,12H,8-9,11H2,1H3,(H,20,23)/t12-/m1/s1. The minimum Gasteiger partial charge on any atom is -0.493 e. The molecule has 3 heterocycles. The largest absolute Gasteiger partial charge is 0.493 e. The molecule has 1 amide bonds. The molecule has 0 unspecified atom stereocenters. The van der Waals surface area contributed by atoms with Crippen molar-refractivity contribution in [1.82, 2.24) is 19.7 Å². The fourth-order valence-electron chi connectivity index (χ4n) is 3.02. The number of fused-ring (bicyclic) bond motifs is 2. The van der Waals surface area contributed by atoms with Gasteiger partial charge in [-0.3, -0.25) is 9.20 Å². The zero-order chi connectivity index (χ0) is 17.2. The number of rotatable bonds is 4. The third kappa shape index (κ3) is 3.00. The van der Waals surface area contributed by atoms with E-state index in [1.54, 1.807) is 30.0 Å². The number of hydrogen-bond donors (Lipinski definition) is 1. The summed E-state index contributed by atoms with van der Waals surface area (Å²) in [6.07, 6.45) is 5.97. The number of hydrogen-bond acceptors (Lipinski definition) is 5. The van der Waals surface area contributed by atoms with Crippen LogP contribution in [0.3, 0.4) is 0 Å². The molecule has 0 bridgehead atoms. The number of para-hydroxylation sites is 1. The fourth-order valence-corrected chi connectivity index (χ4v) is 3.02. The van der Waals surface area contributed by atoms with E-state index in [1.165, 1.54) is 0 Å². The minimum atomic E-state index is -0.207. The molecule has 1 aliphatic heterocycles. The molecule has 1 aliphatic rings. The van der Waals surface area contributed by atoms with Crippen LogP contribution in [0.5, 0.6) is 11.5 Å². The van der Waals surface area contributed by atoms with E-state index in [9.17, 15) is 4.79 Å². The lowest BCUT2D eigenvalue weighted by molar-refractivity contribution is 0.0934. The summed E-state index contributed by atoms with van der Waals surface area (Å²) < 4.78 is 12.9. The Bertz CT molecular complexity index is 889. The van der Waals surface area contributed by atoms with Crippen LogP contribution in [0.15, 0.2) is 42.9 Å². The maximum Gasteiger partial charge on any atom is 0.271 e. The molecule has 25 heavy (non-hydrogen) atoms. The SMILES string of the molecule is COc1cccc2c1OC[C@@H](CNC(=O)c1cn3cccnc3n1)C2. The molecule has 4 rings (SSSR count). The summed E-state index contributed by atoms with van der Waals surface area (Å²) in [4.78, 5) is 20.7. The summed E-state index contributed by atoms with van der Waals surface area (Å²) in [5, 5.41) is 2.94. The molecule has 128 valence electrons. The van der Waals surface area contributed by atoms with E-state index in [4.69, 9.17) is 9.47 Å². The predicted molar refractivity (Wildman–Crippen MR) is 91.0 cm³/mol. The first-order valence-corrected chi connectivity index (χ1v) is 8.11. The monoisotopic (exact) mass is 338 g/mol. The fraction of sp³-hybridized carbons (Fsp3) is 0.278. The lowest BCUT2D eigenvalue weighted by Crippen LogP contribution is -2.35. The van der Waals surface area contributed by atoms with Crippen molar-refractivity contribution >= 4 is 11.7 Å². The Balaban J connectivity index is 1.40. The van der Waals surface area contributed by atoms with E-state index in [0.717, 1.165) is 23.5 Å². The van der Waals surface area contributed by atoms with Gasteiger partial charge in [0.15, 0.2) is 11.5 Å². The molecule has 0 saturated heterocycles. The first-order chi connectivity index (χ1) is 12.2. The number of benzene rings is 1. The summed E-state index contributed by atoms with van der Waals surface area (Å²) in [5.74, 6) is 2.06. The van der Waals surface area contributed by atoms with Crippen LogP contribution in [0.4, 0.5) is 0 Å². The maximum atomic E-state index is 12.3. The number of carbonyl (C=O) groups excluding carboxylic acids is 1. The summed E-state index contributed by atoms with van der Waals surface area (Å²) in [5.41, 5.74) is 1.46. The first-order valence-electron chi connectivity index (χ1n) is 8.11. The second kappa shape index (κ2) is 6.43. The van der Waals surface area contributed by atoms with Gasteiger partial charge in [0.2, 0.25) is 5.78 Å². The average Bonchev–Trinajstić information content (AvgIpc) is 3.09. The summed E-state index contributed by atoms with van der Waals surface area (Å²) in [7, 11) is 1.63. The molecule has 0 fully saturated rings. The normalized spacial score (nSPS) is 16.1. The zero-order valence-electron chi connectivity index (χ0n) is 13.8. The number of ether oxygens (including phenoxy) is 2. The van der Waals surface area contributed by atoms with E-state index in [1.807, 2.05) is 24.4 Å². The van der Waals surface area contributed by atoms with Crippen molar-refractivity contribution in [2.75, 3.05) is 20.3 Å². The van der Waals surface area contributed by atoms with Gasteiger partial charge in [-0.25, -0.2) is 9.97 Å². The van der Waals surface area contributed by atoms with Gasteiger partial charge in [-0.05, 0) is 24.1 Å². The lowest BCUT2D eigenvalue weighted by Gasteiger charge is -2.26. The third-order valence-electron chi connectivity index (χ3n) is 4.27. The van der Waals surface area contributed by atoms with Crippen LogP contribution < -0.4 is 14.8 Å². The van der Waals surface area contributed by atoms with Crippen molar-refractivity contribution in [2.45, 2.75) is 6.42 Å². The van der Waals surface area contributed by atoms with Crippen molar-refractivity contribution in [1.29, 1.82) is 0 Å². The number of carbonyl (C=O) groups is 1. The topological polar surface area (TPSA) is 77.8 Å². The van der Waals surface area contributed by atoms with Gasteiger partial charge in [0.25, 0.3) is 5.91 Å². The van der Waals surface area contributed by atoms with Crippen molar-refractivity contribution in [3.63, 3.8) is 0 Å². The van der Waals surface area contributed by atoms with Gasteiger partial charge >= 0.3 is 0 Å². The maximum absolute atomic E-state index is 12.3. The Morgan fingerprint density at radius 3 is 3.20 bits per heavy atom. The van der Waals surface area contributed by atoms with E-state index in [0.29, 0.717) is 24.6 Å². The Labute approximate surface area is 144 Å². The zero-order valence-corrected chi connectivity index (χ0v) is 13.8. The minimum absolute atomic E-state index is 0.207. The highest BCUT2D eigenvalue weighted by molar-refractivity contribution is 5.92. The third-order valence-corrected chi connectivity index (χ3v) is 4.27. The number of methoxy groups -OCH3 is 1. The van der Waals surface area contributed by atoms with Gasteiger partial charge in [0.05, 0.1) is 13.7 Å². The molecule has 2 aromatic heterocycles. The van der Waals surface area contributed by atoms with Gasteiger partial charge in [-0.1, -0.05) is 12.1 Å². The second-order valence-electron chi connectivity index (χ2n) is 5.99. The highest BCUT2D eigenvalue weighted by Crippen LogP contribution is 2.35. The van der Waals surface area contributed by atoms with Crippen LogP contribution in [0.25, 0.3) is 5.78 Å². The molecule has 7 heteroatoms. The molecule has 1 atom stereocenters. The molecule has 0 aliphatic carbocycles. The molecule has 1 N–H and O–H groups in total. The summed E-state index contributed by atoms with van der Waals surface area (Å²) in [6.45, 7) is 1.07. The van der Waals surface area contributed by atoms with Crippen LogP contribution in [0.1, 0.15) is 16.1 Å². The molecule has 7 nitrogen and oxygen atoms in total. The number of nitrogens with one attached hydrogen (secondary N) is 1. The average molecular weight is 338 g/mol. The van der Waals surface area contributed by atoms with Crippen LogP contribution in [-0.4, -0.2) is 40.5 Å². The van der Waals surface area contributed by atoms with Gasteiger partial charge in [-0.2, -0.15) is 0 Å². The summed E-state index contributed by atoms with van der Waals surface area (Å²) >= 11 is 0. The molecular weight excluding hydrogens is 320 g/mol. The van der Waals surface area contributed by atoms with Crippen LogP contribution in [-0.2, 0) is 6.42 Å². The van der Waals surface area contributed by atoms with Crippen LogP contribution in [0.2, 0.25) is 0 Å². The Kier molecular flexibility index (Phi) is 3.97. The first kappa shape index (κ1) is 15.4. The highest BCUT2D eigenvalue weighted by atomic mass is 16.5. The summed E-state index contributed by atoms with van der Waals surface area (Å²) in [6, 6.07) is 7.66. The molecule has 0 saturated carbocycles. The molecular formula is C18H18N4O3. The second-order valence-corrected chi connectivity index (χ2v) is 5.99. The van der Waals surface area contributed by atoms with E-state index < -0.39 is 0 Å². The number of imidazole rings is 1. The van der Waals surface area contributed by atoms with Crippen LogP contribution >= 0.6 is 0 Å². The van der Waals surface area contributed by atoms with E-state index in [2.05, 4.69) is 15.3 Å². The Morgan fingerprint density at radius 2 is 2.36 bits per heavy atom. The van der Waals surface area contributed by atoms with Crippen molar-refractivity contribution in [3.05, 3.63) is 54.1 Å². The van der Waals surface area contributed by atoms with E-state index >= 15 is 0 Å². The molecule has 1 aromatic carbocycles. The quantitative estimate of drug-likeness (QED) is 0.784. The van der Waals surface area contributed by atoms with E-state index in [-0.39, 0.29) is 11.8 Å². The predicted octanol–water partition coefficient (Wildman–Crippen LogP) is 1.72. The van der Waals surface area contributed by atoms with Crippen molar-refractivity contribution in [2.24, 2.45) is 5.92 Å². The smallest absolute Gasteiger partial charge is 0.271 e. The van der Waals surface area contributed by atoms with Crippen molar-refractivity contribution < 1.29 is 14.3 Å². The number of aromatic nitrogens is 3. The molecule has 3 aromatic rings. The molecule has 0 radical (unpaired) electrons. The van der Waals surface area contributed by atoms with Crippen molar-refractivity contribution in [3.8, 4) is 11.5 Å². The molecule has 0 spiro atoms. The van der Waals surface area contributed by atoms with Gasteiger partial charge < -0.3 is 14.8 Å². The number of nitrogens with zero attached hydrogens (tertiary/aromatic N) is 3. The van der Waals surface area contributed by atoms with Gasteiger partial charge in [0, 0.05) is 31.1 Å². The lowest BCUT2D eigenvalue weighted by atomic mass is 9.96. The Morgan fingerprint density at radius 1 is 1.44 bits per heavy atom. The van der Waals surface area contributed by atoms with Crippen LogP contribution in [0, 0.1) is 5.92 Å².